The molecule has 0 aliphatic rings. The fourth-order valence-corrected chi connectivity index (χ4v) is 2.97. The van der Waals surface area contributed by atoms with E-state index in [0.717, 1.165) is 37.2 Å². The zero-order valence-electron chi connectivity index (χ0n) is 20.3. The summed E-state index contributed by atoms with van der Waals surface area (Å²) in [6, 6.07) is 3.98. The third kappa shape index (κ3) is 11.4. The molecule has 2 aromatic heterocycles. The van der Waals surface area contributed by atoms with Crippen molar-refractivity contribution in [3.8, 4) is 5.82 Å². The number of alkyl carbamates (subject to hydrolysis) is 1. The number of amides is 1. The number of aromatic nitrogens is 3. The summed E-state index contributed by atoms with van der Waals surface area (Å²) < 4.78 is 7.22. The molecule has 0 spiro atoms. The molecule has 0 aromatic carbocycles. The first-order valence-electron chi connectivity index (χ1n) is 11.3. The molecule has 0 aliphatic heterocycles. The Bertz CT molecular complexity index is 851. The maximum atomic E-state index is 12.1. The monoisotopic (exact) mass is 571 g/mol. The molecule has 184 valence electrons. The number of pyridine rings is 1. The molecule has 33 heavy (non-hydrogen) atoms. The first-order chi connectivity index (χ1) is 15.3. The van der Waals surface area contributed by atoms with Gasteiger partial charge in [-0.1, -0.05) is 19.8 Å². The molecule has 10 heteroatoms. The van der Waals surface area contributed by atoms with Gasteiger partial charge in [0, 0.05) is 37.7 Å². The Hall–Kier alpha value is -2.37. The Morgan fingerprint density at radius 2 is 2.03 bits per heavy atom. The molecular formula is C23H38IN7O2. The minimum absolute atomic E-state index is 0. The number of aliphatic imine (C=N–C) groups is 1. The molecule has 0 bridgehead atoms. The fourth-order valence-electron chi connectivity index (χ4n) is 2.97. The largest absolute Gasteiger partial charge is 0.444 e. The number of halogens is 1. The van der Waals surface area contributed by atoms with Crippen LogP contribution in [0.5, 0.6) is 0 Å². The van der Waals surface area contributed by atoms with Crippen LogP contribution in [0, 0.1) is 0 Å². The minimum Gasteiger partial charge on any atom is -0.444 e. The van der Waals surface area contributed by atoms with Crippen LogP contribution in [0.25, 0.3) is 5.82 Å². The van der Waals surface area contributed by atoms with Crippen molar-refractivity contribution in [1.29, 1.82) is 0 Å². The molecule has 1 atom stereocenters. The number of carbonyl (C=O) groups is 1. The number of hydrogen-bond acceptors (Lipinski definition) is 5. The molecule has 2 aromatic rings. The summed E-state index contributed by atoms with van der Waals surface area (Å²) in [4.78, 5) is 25.3. The van der Waals surface area contributed by atoms with Gasteiger partial charge in [0.2, 0.25) is 0 Å². The summed E-state index contributed by atoms with van der Waals surface area (Å²) in [6.07, 6.45) is 9.70. The van der Waals surface area contributed by atoms with Crippen molar-refractivity contribution in [2.45, 2.75) is 72.1 Å². The van der Waals surface area contributed by atoms with Crippen molar-refractivity contribution < 1.29 is 9.53 Å². The number of guanidine groups is 1. The third-order valence-corrected chi connectivity index (χ3v) is 4.48. The van der Waals surface area contributed by atoms with Crippen LogP contribution < -0.4 is 16.0 Å². The predicted octanol–water partition coefficient (Wildman–Crippen LogP) is 4.02. The second kappa shape index (κ2) is 14.7. The van der Waals surface area contributed by atoms with Crippen molar-refractivity contribution in [2.24, 2.45) is 4.99 Å². The number of hydrogen-bond donors (Lipinski definition) is 3. The van der Waals surface area contributed by atoms with Crippen LogP contribution in [0.15, 0.2) is 42.0 Å². The lowest BCUT2D eigenvalue weighted by Crippen LogP contribution is -2.49. The molecule has 0 saturated heterocycles. The lowest BCUT2D eigenvalue weighted by atomic mass is 10.1. The van der Waals surface area contributed by atoms with Gasteiger partial charge in [-0.2, -0.15) is 0 Å². The van der Waals surface area contributed by atoms with Crippen LogP contribution in [0.2, 0.25) is 0 Å². The van der Waals surface area contributed by atoms with E-state index in [1.54, 1.807) is 18.7 Å². The van der Waals surface area contributed by atoms with E-state index in [1.807, 2.05) is 50.6 Å². The fraction of sp³-hybridized carbons (Fsp3) is 0.565. The van der Waals surface area contributed by atoms with Gasteiger partial charge in [-0.15, -0.1) is 24.0 Å². The highest BCUT2D eigenvalue weighted by Gasteiger charge is 2.18. The van der Waals surface area contributed by atoms with E-state index in [2.05, 4.69) is 32.8 Å². The number of nitrogens with one attached hydrogen (secondary N) is 3. The van der Waals surface area contributed by atoms with Gasteiger partial charge in [-0.05, 0) is 51.8 Å². The maximum absolute atomic E-state index is 12.1. The van der Waals surface area contributed by atoms with E-state index >= 15 is 0 Å². The van der Waals surface area contributed by atoms with Crippen molar-refractivity contribution in [3.05, 3.63) is 42.6 Å². The van der Waals surface area contributed by atoms with Crippen molar-refractivity contribution in [2.75, 3.05) is 13.1 Å². The van der Waals surface area contributed by atoms with Gasteiger partial charge in [0.15, 0.2) is 5.96 Å². The Balaban J connectivity index is 0.00000544. The Labute approximate surface area is 214 Å². The average Bonchev–Trinajstić information content (AvgIpc) is 3.28. The molecule has 9 nitrogen and oxygen atoms in total. The van der Waals surface area contributed by atoms with Crippen LogP contribution in [0.1, 0.15) is 59.4 Å². The Morgan fingerprint density at radius 3 is 2.67 bits per heavy atom. The molecule has 0 saturated carbocycles. The summed E-state index contributed by atoms with van der Waals surface area (Å²) in [7, 11) is 0. The molecule has 0 aliphatic carbocycles. The number of rotatable bonds is 10. The minimum atomic E-state index is -0.521. The van der Waals surface area contributed by atoms with E-state index in [9.17, 15) is 4.79 Å². The second-order valence-corrected chi connectivity index (χ2v) is 8.55. The quantitative estimate of drug-likeness (QED) is 0.226. The molecule has 1 unspecified atom stereocenters. The number of imidazole rings is 1. The van der Waals surface area contributed by atoms with Crippen LogP contribution >= 0.6 is 24.0 Å². The van der Waals surface area contributed by atoms with Gasteiger partial charge in [0.05, 0.1) is 6.54 Å². The highest BCUT2D eigenvalue weighted by atomic mass is 127. The summed E-state index contributed by atoms with van der Waals surface area (Å²) in [6.45, 7) is 11.4. The van der Waals surface area contributed by atoms with E-state index < -0.39 is 11.7 Å². The lowest BCUT2D eigenvalue weighted by Gasteiger charge is -2.24. The molecular weight excluding hydrogens is 533 g/mol. The molecule has 3 N–H and O–H groups in total. The zero-order chi connectivity index (χ0) is 23.4. The van der Waals surface area contributed by atoms with Crippen LogP contribution in [0.3, 0.4) is 0 Å². The average molecular weight is 572 g/mol. The van der Waals surface area contributed by atoms with Crippen molar-refractivity contribution in [1.82, 2.24) is 30.5 Å². The molecule has 2 rings (SSSR count). The van der Waals surface area contributed by atoms with Gasteiger partial charge in [0.25, 0.3) is 0 Å². The third-order valence-electron chi connectivity index (χ3n) is 4.48. The highest BCUT2D eigenvalue weighted by molar-refractivity contribution is 14.0. The number of ether oxygens (including phenoxy) is 1. The SMILES string of the molecule is CCCCC(CNC(=O)OC(C)(C)C)NC(=NCc1ccnc(-n2ccnc2)c1)NCC.I. The molecule has 0 radical (unpaired) electrons. The molecule has 1 amide bonds. The Kier molecular flexibility index (Phi) is 12.8. The summed E-state index contributed by atoms with van der Waals surface area (Å²) >= 11 is 0. The summed E-state index contributed by atoms with van der Waals surface area (Å²) in [5, 5.41) is 9.62. The smallest absolute Gasteiger partial charge is 0.407 e. The van der Waals surface area contributed by atoms with Crippen molar-refractivity contribution >= 4 is 36.0 Å². The van der Waals surface area contributed by atoms with Gasteiger partial charge in [-0.3, -0.25) is 4.57 Å². The Morgan fingerprint density at radius 1 is 1.24 bits per heavy atom. The van der Waals surface area contributed by atoms with Gasteiger partial charge in [0.1, 0.15) is 17.7 Å². The summed E-state index contributed by atoms with van der Waals surface area (Å²) in [5.41, 5.74) is 0.519. The standard InChI is InChI=1S/C23H37N7O2.HI/c1-6-8-9-19(16-28-22(31)32-23(3,4)5)29-21(25-7-2)27-15-18-10-11-26-20(14-18)30-13-12-24-17-30;/h10-14,17,19H,6-9,15-16H2,1-5H3,(H,28,31)(H2,25,27,29);1H. The number of nitrogens with zero attached hydrogens (tertiary/aromatic N) is 4. The summed E-state index contributed by atoms with van der Waals surface area (Å²) in [5.74, 6) is 1.51. The highest BCUT2D eigenvalue weighted by Crippen LogP contribution is 2.09. The van der Waals surface area contributed by atoms with Gasteiger partial charge in [-0.25, -0.2) is 19.8 Å². The van der Waals surface area contributed by atoms with E-state index in [4.69, 9.17) is 9.73 Å². The number of unbranched alkanes of at least 4 members (excludes halogenated alkanes) is 1. The van der Waals surface area contributed by atoms with Gasteiger partial charge < -0.3 is 20.7 Å². The normalized spacial score (nSPS) is 12.5. The van der Waals surface area contributed by atoms with Gasteiger partial charge >= 0.3 is 6.09 Å². The van der Waals surface area contributed by atoms with Crippen LogP contribution in [0.4, 0.5) is 4.79 Å². The topological polar surface area (TPSA) is 105 Å². The maximum Gasteiger partial charge on any atom is 0.407 e. The van der Waals surface area contributed by atoms with E-state index in [1.165, 1.54) is 0 Å². The van der Waals surface area contributed by atoms with Crippen LogP contribution in [-0.4, -0.2) is 51.3 Å². The van der Waals surface area contributed by atoms with E-state index in [0.29, 0.717) is 19.0 Å². The second-order valence-electron chi connectivity index (χ2n) is 8.55. The lowest BCUT2D eigenvalue weighted by molar-refractivity contribution is 0.0522. The van der Waals surface area contributed by atoms with E-state index in [-0.39, 0.29) is 30.0 Å². The molecule has 2 heterocycles. The van der Waals surface area contributed by atoms with Crippen molar-refractivity contribution in [3.63, 3.8) is 0 Å². The first-order valence-corrected chi connectivity index (χ1v) is 11.3. The predicted molar refractivity (Wildman–Crippen MR) is 142 cm³/mol. The number of carbonyl (C=O) groups excluding carboxylic acids is 1. The van der Waals surface area contributed by atoms with Crippen LogP contribution in [-0.2, 0) is 11.3 Å². The molecule has 0 fully saturated rings. The zero-order valence-corrected chi connectivity index (χ0v) is 22.6. The first kappa shape index (κ1) is 28.7.